The van der Waals surface area contributed by atoms with Gasteiger partial charge in [0.05, 0.1) is 12.1 Å². The predicted molar refractivity (Wildman–Crippen MR) is 76.1 cm³/mol. The van der Waals surface area contributed by atoms with Crippen LogP contribution >= 0.6 is 0 Å². The van der Waals surface area contributed by atoms with E-state index in [9.17, 15) is 14.3 Å². The van der Waals surface area contributed by atoms with Gasteiger partial charge < -0.3 is 15.4 Å². The van der Waals surface area contributed by atoms with Gasteiger partial charge in [0.15, 0.2) is 5.82 Å². The Balaban J connectivity index is 1.54. The molecule has 1 aromatic heterocycles. The number of amides is 1. The molecule has 2 aromatic rings. The average molecular weight is 291 g/mol. The maximum absolute atomic E-state index is 13.5. The first-order chi connectivity index (χ1) is 10.1. The summed E-state index contributed by atoms with van der Waals surface area (Å²) in [5, 5.41) is 12.0. The fraction of sp³-hybridized carbons (Fsp3) is 0.467. The molecule has 0 unspecified atom stereocenters. The third-order valence-electron chi connectivity index (χ3n) is 4.05. The van der Waals surface area contributed by atoms with Gasteiger partial charge in [0.1, 0.15) is 11.3 Å². The van der Waals surface area contributed by atoms with Crippen LogP contribution in [0.3, 0.4) is 0 Å². The van der Waals surface area contributed by atoms with Gasteiger partial charge in [-0.15, -0.1) is 0 Å². The number of H-pyrrole nitrogens is 1. The van der Waals surface area contributed by atoms with Gasteiger partial charge >= 0.3 is 0 Å². The number of carbonyl (C=O) groups excluding carboxylic acids is 1. The maximum Gasteiger partial charge on any atom is 0.220 e. The van der Waals surface area contributed by atoms with Crippen LogP contribution in [0.25, 0.3) is 11.0 Å². The van der Waals surface area contributed by atoms with Crippen LogP contribution < -0.4 is 5.32 Å². The van der Waals surface area contributed by atoms with Gasteiger partial charge in [0.2, 0.25) is 5.91 Å². The van der Waals surface area contributed by atoms with E-state index in [0.29, 0.717) is 36.2 Å². The van der Waals surface area contributed by atoms with Crippen molar-refractivity contribution in [2.45, 2.75) is 25.7 Å². The number of hydrogen-bond donors (Lipinski definition) is 3. The zero-order chi connectivity index (χ0) is 14.9. The van der Waals surface area contributed by atoms with E-state index in [0.717, 1.165) is 12.8 Å². The van der Waals surface area contributed by atoms with Gasteiger partial charge in [0, 0.05) is 24.8 Å². The Bertz CT molecular complexity index is 664. The Hall–Kier alpha value is -1.95. The molecule has 112 valence electrons. The largest absolute Gasteiger partial charge is 0.396 e. The number of carbonyl (C=O) groups is 1. The number of rotatable bonds is 6. The molecule has 5 nitrogen and oxygen atoms in total. The van der Waals surface area contributed by atoms with Crippen molar-refractivity contribution in [1.29, 1.82) is 0 Å². The van der Waals surface area contributed by atoms with Gasteiger partial charge in [-0.3, -0.25) is 4.79 Å². The van der Waals surface area contributed by atoms with E-state index in [2.05, 4.69) is 15.3 Å². The molecule has 0 radical (unpaired) electrons. The Morgan fingerprint density at radius 2 is 2.29 bits per heavy atom. The molecular formula is C15H18FN3O2. The van der Waals surface area contributed by atoms with Crippen molar-refractivity contribution in [3.8, 4) is 0 Å². The van der Waals surface area contributed by atoms with Crippen molar-refractivity contribution in [3.63, 3.8) is 0 Å². The molecule has 0 saturated heterocycles. The molecule has 1 aromatic carbocycles. The molecule has 0 spiro atoms. The minimum Gasteiger partial charge on any atom is -0.396 e. The van der Waals surface area contributed by atoms with Gasteiger partial charge in [-0.2, -0.15) is 0 Å². The highest BCUT2D eigenvalue weighted by Crippen LogP contribution is 2.44. The van der Waals surface area contributed by atoms with Gasteiger partial charge in [0.25, 0.3) is 0 Å². The molecule has 21 heavy (non-hydrogen) atoms. The van der Waals surface area contributed by atoms with E-state index >= 15 is 0 Å². The molecule has 0 atom stereocenters. The fourth-order valence-electron chi connectivity index (χ4n) is 2.34. The number of aryl methyl sites for hydroxylation is 1. The number of benzene rings is 1. The van der Waals surface area contributed by atoms with Crippen LogP contribution in [0.5, 0.6) is 0 Å². The molecule has 1 aliphatic rings. The SMILES string of the molecule is O=C(CCc1nc2c(F)cccc2[nH]1)NCC1(CO)CC1. The lowest BCUT2D eigenvalue weighted by Gasteiger charge is -2.12. The predicted octanol–water partition coefficient (Wildman–Crippen LogP) is 1.52. The summed E-state index contributed by atoms with van der Waals surface area (Å²) in [6, 6.07) is 4.74. The molecule has 0 aliphatic heterocycles. The van der Waals surface area contributed by atoms with Crippen LogP contribution in [0, 0.1) is 11.2 Å². The Morgan fingerprint density at radius 3 is 2.95 bits per heavy atom. The number of aromatic amines is 1. The number of aliphatic hydroxyl groups is 1. The number of aromatic nitrogens is 2. The number of hydrogen-bond acceptors (Lipinski definition) is 3. The highest BCUT2D eigenvalue weighted by atomic mass is 19.1. The number of nitrogens with zero attached hydrogens (tertiary/aromatic N) is 1. The normalized spacial score (nSPS) is 16.1. The van der Waals surface area contributed by atoms with Crippen LogP contribution in [0.1, 0.15) is 25.1 Å². The van der Waals surface area contributed by atoms with Crippen LogP contribution in [-0.2, 0) is 11.2 Å². The summed E-state index contributed by atoms with van der Waals surface area (Å²) in [7, 11) is 0. The molecule has 3 N–H and O–H groups in total. The second kappa shape index (κ2) is 5.44. The van der Waals surface area contributed by atoms with E-state index in [4.69, 9.17) is 0 Å². The Morgan fingerprint density at radius 1 is 1.48 bits per heavy atom. The van der Waals surface area contributed by atoms with Crippen molar-refractivity contribution < 1.29 is 14.3 Å². The fourth-order valence-corrected chi connectivity index (χ4v) is 2.34. The summed E-state index contributed by atoms with van der Waals surface area (Å²) in [6.45, 7) is 0.646. The highest BCUT2D eigenvalue weighted by Gasteiger charge is 2.41. The summed E-state index contributed by atoms with van der Waals surface area (Å²) in [4.78, 5) is 19.0. The third kappa shape index (κ3) is 3.05. The van der Waals surface area contributed by atoms with Gasteiger partial charge in [-0.05, 0) is 25.0 Å². The zero-order valence-electron chi connectivity index (χ0n) is 11.7. The number of halogens is 1. The zero-order valence-corrected chi connectivity index (χ0v) is 11.7. The van der Waals surface area contributed by atoms with Crippen LogP contribution in [0.4, 0.5) is 4.39 Å². The summed E-state index contributed by atoms with van der Waals surface area (Å²) >= 11 is 0. The van der Waals surface area contributed by atoms with E-state index < -0.39 is 0 Å². The first-order valence-corrected chi connectivity index (χ1v) is 7.13. The molecule has 1 aliphatic carbocycles. The minimum atomic E-state index is -0.363. The molecule has 1 amide bonds. The number of imidazole rings is 1. The lowest BCUT2D eigenvalue weighted by atomic mass is 10.1. The molecule has 0 bridgehead atoms. The second-order valence-electron chi connectivity index (χ2n) is 5.75. The van der Waals surface area contributed by atoms with Gasteiger partial charge in [-0.1, -0.05) is 6.07 Å². The van der Waals surface area contributed by atoms with Crippen LogP contribution in [0.15, 0.2) is 18.2 Å². The first-order valence-electron chi connectivity index (χ1n) is 7.13. The number of nitrogens with one attached hydrogen (secondary N) is 2. The summed E-state index contributed by atoms with van der Waals surface area (Å²) < 4.78 is 13.5. The van der Waals surface area contributed by atoms with Gasteiger partial charge in [-0.25, -0.2) is 9.37 Å². The maximum atomic E-state index is 13.5. The average Bonchev–Trinajstić information content (AvgIpc) is 3.15. The third-order valence-corrected chi connectivity index (χ3v) is 4.05. The van der Waals surface area contributed by atoms with Crippen molar-refractivity contribution in [2.24, 2.45) is 5.41 Å². The van der Waals surface area contributed by atoms with E-state index in [1.54, 1.807) is 12.1 Å². The number of aliphatic hydroxyl groups excluding tert-OH is 1. The quantitative estimate of drug-likeness (QED) is 0.755. The standard InChI is InChI=1S/C15H18FN3O2/c16-10-2-1-3-11-14(10)19-12(18-11)4-5-13(21)17-8-15(9-20)6-7-15/h1-3,20H,4-9H2,(H,17,21)(H,18,19). The summed E-state index contributed by atoms with van der Waals surface area (Å²) in [5.74, 6) is 0.169. The topological polar surface area (TPSA) is 78.0 Å². The first kappa shape index (κ1) is 14.0. The smallest absolute Gasteiger partial charge is 0.220 e. The monoisotopic (exact) mass is 291 g/mol. The molecule has 6 heteroatoms. The minimum absolute atomic E-state index is 0.0735. The lowest BCUT2D eigenvalue weighted by Crippen LogP contribution is -2.32. The van der Waals surface area contributed by atoms with Crippen molar-refractivity contribution in [1.82, 2.24) is 15.3 Å². The van der Waals surface area contributed by atoms with Crippen molar-refractivity contribution in [2.75, 3.05) is 13.2 Å². The second-order valence-corrected chi connectivity index (χ2v) is 5.75. The molecule has 1 saturated carbocycles. The van der Waals surface area contributed by atoms with Crippen molar-refractivity contribution in [3.05, 3.63) is 29.8 Å². The lowest BCUT2D eigenvalue weighted by molar-refractivity contribution is -0.121. The molecular weight excluding hydrogens is 273 g/mol. The number of para-hydroxylation sites is 1. The van der Waals surface area contributed by atoms with Crippen LogP contribution in [-0.4, -0.2) is 34.1 Å². The van der Waals surface area contributed by atoms with Crippen molar-refractivity contribution >= 4 is 16.9 Å². The highest BCUT2D eigenvalue weighted by molar-refractivity contribution is 5.77. The number of fused-ring (bicyclic) bond motifs is 1. The molecule has 1 heterocycles. The van der Waals surface area contributed by atoms with E-state index in [-0.39, 0.29) is 23.7 Å². The summed E-state index contributed by atoms with van der Waals surface area (Å²) in [6.07, 6.45) is 2.66. The van der Waals surface area contributed by atoms with E-state index in [1.807, 2.05) is 0 Å². The Kier molecular flexibility index (Phi) is 3.63. The summed E-state index contributed by atoms with van der Waals surface area (Å²) in [5.41, 5.74) is 0.866. The molecule has 1 fully saturated rings. The molecule has 3 rings (SSSR count). The van der Waals surface area contributed by atoms with E-state index in [1.165, 1.54) is 6.07 Å². The van der Waals surface area contributed by atoms with Crippen LogP contribution in [0.2, 0.25) is 0 Å². The Labute approximate surface area is 121 Å².